The molecule has 1 aliphatic carbocycles. The maximum atomic E-state index is 13.9. The maximum absolute atomic E-state index is 13.9. The van der Waals surface area contributed by atoms with Crippen LogP contribution in [0.2, 0.25) is 0 Å². The first-order valence-electron chi connectivity index (χ1n) is 13.3. The summed E-state index contributed by atoms with van der Waals surface area (Å²) in [5.41, 5.74) is 3.00. The molecule has 0 spiro atoms. The minimum atomic E-state index is -3.77. The molecule has 208 valence electrons. The van der Waals surface area contributed by atoms with Gasteiger partial charge in [-0.1, -0.05) is 50.5 Å². The summed E-state index contributed by atoms with van der Waals surface area (Å²) in [5.74, 6) is 0.0589. The summed E-state index contributed by atoms with van der Waals surface area (Å²) in [7, 11) is -2.19. The zero-order chi connectivity index (χ0) is 27.9. The molecular weight excluding hydrogens is 502 g/mol. The third-order valence-corrected chi connectivity index (χ3v) is 8.50. The lowest BCUT2D eigenvalue weighted by atomic mass is 9.95. The molecule has 0 aromatic heterocycles. The van der Waals surface area contributed by atoms with E-state index in [2.05, 4.69) is 5.32 Å². The molecule has 2 aromatic carbocycles. The average Bonchev–Trinajstić information content (AvgIpc) is 2.89. The van der Waals surface area contributed by atoms with Crippen molar-refractivity contribution in [3.8, 4) is 5.75 Å². The predicted molar refractivity (Wildman–Crippen MR) is 151 cm³/mol. The van der Waals surface area contributed by atoms with Crippen LogP contribution in [0.3, 0.4) is 0 Å². The van der Waals surface area contributed by atoms with Crippen molar-refractivity contribution in [2.24, 2.45) is 0 Å². The Hall–Kier alpha value is -3.07. The molecule has 1 fully saturated rings. The fraction of sp³-hybridized carbons (Fsp3) is 0.517. The molecule has 1 N–H and O–H groups in total. The molecule has 38 heavy (non-hydrogen) atoms. The molecule has 2 aromatic rings. The van der Waals surface area contributed by atoms with Gasteiger partial charge in [-0.25, -0.2) is 8.42 Å². The van der Waals surface area contributed by atoms with Crippen LogP contribution in [0.15, 0.2) is 42.5 Å². The van der Waals surface area contributed by atoms with Crippen LogP contribution in [0.5, 0.6) is 5.75 Å². The van der Waals surface area contributed by atoms with E-state index in [-0.39, 0.29) is 18.5 Å². The molecular formula is C29H41N3O5S. The van der Waals surface area contributed by atoms with E-state index in [0.29, 0.717) is 17.9 Å². The molecule has 0 aliphatic heterocycles. The van der Waals surface area contributed by atoms with Crippen LogP contribution < -0.4 is 14.4 Å². The van der Waals surface area contributed by atoms with E-state index in [1.54, 1.807) is 31.4 Å². The number of amides is 2. The van der Waals surface area contributed by atoms with Gasteiger partial charge in [0.2, 0.25) is 21.8 Å². The Morgan fingerprint density at radius 3 is 2.29 bits per heavy atom. The van der Waals surface area contributed by atoms with E-state index < -0.39 is 28.5 Å². The normalized spacial score (nSPS) is 15.0. The lowest BCUT2D eigenvalue weighted by Crippen LogP contribution is -2.54. The number of nitrogens with zero attached hydrogens (tertiary/aromatic N) is 2. The van der Waals surface area contributed by atoms with E-state index in [1.165, 1.54) is 11.3 Å². The lowest BCUT2D eigenvalue weighted by molar-refractivity contribution is -0.140. The largest absolute Gasteiger partial charge is 0.497 e. The van der Waals surface area contributed by atoms with Crippen molar-refractivity contribution >= 4 is 27.5 Å². The van der Waals surface area contributed by atoms with Crippen LogP contribution in [0.1, 0.15) is 62.1 Å². The molecule has 1 aliphatic rings. The topological polar surface area (TPSA) is 96.0 Å². The second-order valence-electron chi connectivity index (χ2n) is 10.1. The first-order chi connectivity index (χ1) is 18.0. The van der Waals surface area contributed by atoms with E-state index in [1.807, 2.05) is 39.0 Å². The quantitative estimate of drug-likeness (QED) is 0.455. The highest BCUT2D eigenvalue weighted by molar-refractivity contribution is 7.92. The molecule has 0 heterocycles. The average molecular weight is 544 g/mol. The van der Waals surface area contributed by atoms with Crippen LogP contribution in [-0.2, 0) is 26.2 Å². The van der Waals surface area contributed by atoms with Crippen molar-refractivity contribution < 1.29 is 22.7 Å². The first-order valence-corrected chi connectivity index (χ1v) is 15.2. The molecule has 3 rings (SSSR count). The summed E-state index contributed by atoms with van der Waals surface area (Å²) in [6, 6.07) is 12.1. The van der Waals surface area contributed by atoms with Crippen molar-refractivity contribution in [1.29, 1.82) is 0 Å². The van der Waals surface area contributed by atoms with Crippen molar-refractivity contribution in [1.82, 2.24) is 10.2 Å². The zero-order valence-corrected chi connectivity index (χ0v) is 24.0. The summed E-state index contributed by atoms with van der Waals surface area (Å²) in [6.45, 7) is 5.39. The van der Waals surface area contributed by atoms with Gasteiger partial charge in [0.25, 0.3) is 0 Å². The van der Waals surface area contributed by atoms with Crippen LogP contribution in [-0.4, -0.2) is 57.1 Å². The lowest BCUT2D eigenvalue weighted by Gasteiger charge is -2.34. The van der Waals surface area contributed by atoms with E-state index in [4.69, 9.17) is 4.74 Å². The number of nitrogens with one attached hydrogen (secondary N) is 1. The monoisotopic (exact) mass is 543 g/mol. The second-order valence-corrected chi connectivity index (χ2v) is 12.0. The number of carbonyl (C=O) groups is 2. The molecule has 1 unspecified atom stereocenters. The van der Waals surface area contributed by atoms with Gasteiger partial charge in [-0.15, -0.1) is 0 Å². The van der Waals surface area contributed by atoms with E-state index in [9.17, 15) is 18.0 Å². The van der Waals surface area contributed by atoms with Crippen molar-refractivity contribution in [3.63, 3.8) is 0 Å². The molecule has 1 atom stereocenters. The van der Waals surface area contributed by atoms with E-state index in [0.717, 1.165) is 52.9 Å². The number of aryl methyl sites for hydroxylation is 1. The minimum absolute atomic E-state index is 0.103. The third kappa shape index (κ3) is 7.49. The van der Waals surface area contributed by atoms with Gasteiger partial charge in [-0.2, -0.15) is 0 Å². The third-order valence-electron chi connectivity index (χ3n) is 7.37. The Kier molecular flexibility index (Phi) is 10.2. The Morgan fingerprint density at radius 2 is 1.71 bits per heavy atom. The number of rotatable bonds is 11. The Morgan fingerprint density at radius 1 is 1.05 bits per heavy atom. The molecule has 0 saturated heterocycles. The molecule has 8 nitrogen and oxygen atoms in total. The zero-order valence-electron chi connectivity index (χ0n) is 23.2. The standard InChI is InChI=1S/C29H41N3O5S/c1-6-26(29(34)30-24-12-8-7-9-13-24)31(19-23-15-17-25(37-4)18-16-23)28(33)20-32(38(5,35)36)27-14-10-11-21(2)22(27)3/h10-11,14-18,24,26H,6-9,12-13,19-20H2,1-5H3,(H,30,34). The first kappa shape index (κ1) is 29.5. The number of anilines is 1. The Bertz CT molecular complexity index is 1210. The molecule has 2 amide bonds. The predicted octanol–water partition coefficient (Wildman–Crippen LogP) is 4.33. The number of carbonyl (C=O) groups excluding carboxylic acids is 2. The maximum Gasteiger partial charge on any atom is 0.244 e. The molecule has 0 bridgehead atoms. The molecule has 1 saturated carbocycles. The summed E-state index contributed by atoms with van der Waals surface area (Å²) < 4.78 is 32.2. The van der Waals surface area contributed by atoms with Gasteiger partial charge < -0.3 is 15.0 Å². The smallest absolute Gasteiger partial charge is 0.244 e. The Balaban J connectivity index is 1.94. The number of hydrogen-bond acceptors (Lipinski definition) is 5. The van der Waals surface area contributed by atoms with Gasteiger partial charge in [-0.05, 0) is 68.0 Å². The number of hydrogen-bond donors (Lipinski definition) is 1. The van der Waals surface area contributed by atoms with Gasteiger partial charge >= 0.3 is 0 Å². The SMILES string of the molecule is CCC(C(=O)NC1CCCCC1)N(Cc1ccc(OC)cc1)C(=O)CN(c1cccc(C)c1C)S(C)(=O)=O. The summed E-state index contributed by atoms with van der Waals surface area (Å²) in [4.78, 5) is 28.9. The van der Waals surface area contributed by atoms with Gasteiger partial charge in [0.15, 0.2) is 0 Å². The van der Waals surface area contributed by atoms with Crippen LogP contribution in [0, 0.1) is 13.8 Å². The number of sulfonamides is 1. The fourth-order valence-corrected chi connectivity index (χ4v) is 5.89. The van der Waals surface area contributed by atoms with Crippen molar-refractivity contribution in [3.05, 3.63) is 59.2 Å². The van der Waals surface area contributed by atoms with Crippen LogP contribution in [0.4, 0.5) is 5.69 Å². The minimum Gasteiger partial charge on any atom is -0.497 e. The van der Waals surface area contributed by atoms with Crippen LogP contribution >= 0.6 is 0 Å². The molecule has 9 heteroatoms. The fourth-order valence-electron chi connectivity index (χ4n) is 4.99. The highest BCUT2D eigenvalue weighted by Gasteiger charge is 2.33. The van der Waals surface area contributed by atoms with Crippen molar-refractivity contribution in [2.75, 3.05) is 24.2 Å². The van der Waals surface area contributed by atoms with Gasteiger partial charge in [0.1, 0.15) is 18.3 Å². The van der Waals surface area contributed by atoms with Crippen molar-refractivity contribution in [2.45, 2.75) is 77.9 Å². The number of benzene rings is 2. The van der Waals surface area contributed by atoms with Gasteiger partial charge in [0, 0.05) is 12.6 Å². The Labute approximate surface area is 227 Å². The number of methoxy groups -OCH3 is 1. The summed E-state index contributed by atoms with van der Waals surface area (Å²) >= 11 is 0. The summed E-state index contributed by atoms with van der Waals surface area (Å²) in [6.07, 6.45) is 6.70. The van der Waals surface area contributed by atoms with Gasteiger partial charge in [0.05, 0.1) is 19.1 Å². The highest BCUT2D eigenvalue weighted by atomic mass is 32.2. The highest BCUT2D eigenvalue weighted by Crippen LogP contribution is 2.26. The van der Waals surface area contributed by atoms with Crippen LogP contribution in [0.25, 0.3) is 0 Å². The second kappa shape index (κ2) is 13.1. The van der Waals surface area contributed by atoms with E-state index >= 15 is 0 Å². The number of ether oxygens (including phenoxy) is 1. The van der Waals surface area contributed by atoms with Gasteiger partial charge in [-0.3, -0.25) is 13.9 Å². The molecule has 0 radical (unpaired) electrons. The summed E-state index contributed by atoms with van der Waals surface area (Å²) in [5, 5.41) is 3.16.